The molecule has 11 heteroatoms. The molecule has 2 fully saturated rings. The zero-order valence-electron chi connectivity index (χ0n) is 23.6. The number of aliphatic hydroxyl groups excluding tert-OH is 7. The van der Waals surface area contributed by atoms with Crippen LogP contribution in [0.5, 0.6) is 0 Å². The molecule has 0 aromatic heterocycles. The molecule has 0 spiro atoms. The van der Waals surface area contributed by atoms with Gasteiger partial charge in [-0.2, -0.15) is 0 Å². The van der Waals surface area contributed by atoms with Crippen molar-refractivity contribution in [2.75, 3.05) is 19.8 Å². The predicted molar refractivity (Wildman–Crippen MR) is 143 cm³/mol. The number of hydrogen-bond acceptors (Lipinski definition) is 11. The topological polar surface area (TPSA) is 179 Å². The second kappa shape index (κ2) is 19.6. The van der Waals surface area contributed by atoms with Crippen molar-refractivity contribution < 1.29 is 54.7 Å². The fourth-order valence-corrected chi connectivity index (χ4v) is 5.19. The second-order valence-electron chi connectivity index (χ2n) is 11.0. The van der Waals surface area contributed by atoms with Gasteiger partial charge in [-0.25, -0.2) is 0 Å². The molecule has 10 atom stereocenters. The van der Waals surface area contributed by atoms with Crippen molar-refractivity contribution in [1.29, 1.82) is 0 Å². The average molecular weight is 567 g/mol. The van der Waals surface area contributed by atoms with Crippen molar-refractivity contribution in [1.82, 2.24) is 0 Å². The van der Waals surface area contributed by atoms with Crippen LogP contribution >= 0.6 is 0 Å². The van der Waals surface area contributed by atoms with Gasteiger partial charge in [0, 0.05) is 6.61 Å². The standard InChI is InChI=1S/C28H54O11/c1-2-3-4-5-6-7-8-9-10-11-12-13-14-15-16-36-27-25(35)23(33)26(20(18-30)38-27)39-28-24(34)22(32)21(31)19(17-29)37-28/h19-35H,2-18H2,1H3/t19-,20-,21-,22+,23-,24-,25-,26-,27-,28+/m1/s1. The van der Waals surface area contributed by atoms with Crippen LogP contribution in [0.15, 0.2) is 0 Å². The van der Waals surface area contributed by atoms with Crippen molar-refractivity contribution in [2.24, 2.45) is 0 Å². The number of aliphatic hydroxyl groups is 7. The quantitative estimate of drug-likeness (QED) is 0.105. The van der Waals surface area contributed by atoms with E-state index in [4.69, 9.17) is 18.9 Å². The lowest BCUT2D eigenvalue weighted by Gasteiger charge is -2.45. The first kappa shape index (κ1) is 34.8. The Kier molecular flexibility index (Phi) is 17.5. The molecule has 0 saturated carbocycles. The highest BCUT2D eigenvalue weighted by atomic mass is 16.7. The summed E-state index contributed by atoms with van der Waals surface area (Å²) in [4.78, 5) is 0. The van der Waals surface area contributed by atoms with Crippen LogP contribution in [0.3, 0.4) is 0 Å². The molecule has 2 heterocycles. The first-order valence-corrected chi connectivity index (χ1v) is 15.1. The normalized spacial score (nSPS) is 35.4. The minimum Gasteiger partial charge on any atom is -0.394 e. The van der Waals surface area contributed by atoms with Crippen LogP contribution in [0.4, 0.5) is 0 Å². The fourth-order valence-electron chi connectivity index (χ4n) is 5.19. The summed E-state index contributed by atoms with van der Waals surface area (Å²) in [7, 11) is 0. The highest BCUT2D eigenvalue weighted by Gasteiger charge is 2.50. The smallest absolute Gasteiger partial charge is 0.187 e. The molecule has 0 radical (unpaired) electrons. The lowest BCUT2D eigenvalue weighted by Crippen LogP contribution is -2.64. The second-order valence-corrected chi connectivity index (χ2v) is 11.0. The lowest BCUT2D eigenvalue weighted by molar-refractivity contribution is -0.359. The summed E-state index contributed by atoms with van der Waals surface area (Å²) in [6, 6.07) is 0. The first-order valence-electron chi connectivity index (χ1n) is 15.1. The van der Waals surface area contributed by atoms with Crippen molar-refractivity contribution in [2.45, 2.75) is 158 Å². The summed E-state index contributed by atoms with van der Waals surface area (Å²) < 4.78 is 22.1. The van der Waals surface area contributed by atoms with E-state index in [1.807, 2.05) is 0 Å². The van der Waals surface area contributed by atoms with E-state index < -0.39 is 74.6 Å². The molecule has 0 aromatic rings. The van der Waals surface area contributed by atoms with E-state index in [2.05, 4.69) is 6.92 Å². The van der Waals surface area contributed by atoms with Gasteiger partial charge in [0.1, 0.15) is 48.8 Å². The van der Waals surface area contributed by atoms with Crippen molar-refractivity contribution in [3.05, 3.63) is 0 Å². The maximum absolute atomic E-state index is 10.6. The van der Waals surface area contributed by atoms with E-state index in [-0.39, 0.29) is 0 Å². The number of rotatable bonds is 20. The van der Waals surface area contributed by atoms with E-state index in [1.165, 1.54) is 70.6 Å². The van der Waals surface area contributed by atoms with Gasteiger partial charge in [-0.3, -0.25) is 0 Å². The monoisotopic (exact) mass is 566 g/mol. The van der Waals surface area contributed by atoms with E-state index in [1.54, 1.807) is 0 Å². The third-order valence-corrected chi connectivity index (χ3v) is 7.74. The first-order chi connectivity index (χ1) is 18.8. The third kappa shape index (κ3) is 11.4. The molecule has 11 nitrogen and oxygen atoms in total. The molecule has 2 aliphatic heterocycles. The van der Waals surface area contributed by atoms with Gasteiger partial charge in [0.2, 0.25) is 0 Å². The molecule has 0 aromatic carbocycles. The Morgan fingerprint density at radius 1 is 0.513 bits per heavy atom. The van der Waals surface area contributed by atoms with Gasteiger partial charge in [0.05, 0.1) is 13.2 Å². The van der Waals surface area contributed by atoms with Crippen LogP contribution in [0.2, 0.25) is 0 Å². The maximum atomic E-state index is 10.6. The molecule has 7 N–H and O–H groups in total. The molecule has 2 aliphatic rings. The number of hydrogen-bond donors (Lipinski definition) is 7. The minimum absolute atomic E-state index is 0.322. The highest BCUT2D eigenvalue weighted by Crippen LogP contribution is 2.29. The molecule has 0 amide bonds. The summed E-state index contributed by atoms with van der Waals surface area (Å²) in [6.07, 6.45) is 2.97. The van der Waals surface area contributed by atoms with Crippen LogP contribution in [-0.2, 0) is 18.9 Å². The summed E-state index contributed by atoms with van der Waals surface area (Å²) in [6.45, 7) is 1.34. The summed E-state index contributed by atoms with van der Waals surface area (Å²) >= 11 is 0. The lowest BCUT2D eigenvalue weighted by atomic mass is 9.97. The number of ether oxygens (including phenoxy) is 4. The van der Waals surface area contributed by atoms with Crippen molar-refractivity contribution >= 4 is 0 Å². The molecule has 0 bridgehead atoms. The Hall–Kier alpha value is -0.440. The van der Waals surface area contributed by atoms with Gasteiger partial charge < -0.3 is 54.7 Å². The van der Waals surface area contributed by atoms with Gasteiger partial charge in [-0.1, -0.05) is 90.4 Å². The zero-order chi connectivity index (χ0) is 28.6. The Balaban J connectivity index is 1.62. The van der Waals surface area contributed by atoms with Crippen LogP contribution in [-0.4, -0.2) is 117 Å². The van der Waals surface area contributed by atoms with Crippen LogP contribution in [0.25, 0.3) is 0 Å². The molecule has 232 valence electrons. The van der Waals surface area contributed by atoms with Crippen molar-refractivity contribution in [3.8, 4) is 0 Å². The van der Waals surface area contributed by atoms with Gasteiger partial charge >= 0.3 is 0 Å². The van der Waals surface area contributed by atoms with Crippen molar-refractivity contribution in [3.63, 3.8) is 0 Å². The largest absolute Gasteiger partial charge is 0.394 e. The summed E-state index contributed by atoms with van der Waals surface area (Å²) in [5.74, 6) is 0. The highest BCUT2D eigenvalue weighted by molar-refractivity contribution is 4.94. The Bertz CT molecular complexity index is 608. The summed E-state index contributed by atoms with van der Waals surface area (Å²) in [5.41, 5.74) is 0. The Morgan fingerprint density at radius 2 is 0.974 bits per heavy atom. The van der Waals surface area contributed by atoms with Crippen LogP contribution in [0.1, 0.15) is 96.8 Å². The van der Waals surface area contributed by atoms with E-state index in [0.29, 0.717) is 6.61 Å². The molecule has 0 unspecified atom stereocenters. The van der Waals surface area contributed by atoms with Crippen LogP contribution < -0.4 is 0 Å². The fraction of sp³-hybridized carbons (Fsp3) is 1.00. The molecule has 2 saturated heterocycles. The minimum atomic E-state index is -1.69. The van der Waals surface area contributed by atoms with Gasteiger partial charge in [0.25, 0.3) is 0 Å². The molecular weight excluding hydrogens is 512 g/mol. The molecule has 2 rings (SSSR count). The van der Waals surface area contributed by atoms with Gasteiger partial charge in [0.15, 0.2) is 12.6 Å². The maximum Gasteiger partial charge on any atom is 0.187 e. The van der Waals surface area contributed by atoms with Gasteiger partial charge in [-0.15, -0.1) is 0 Å². The SMILES string of the molecule is CCCCCCCCCCCCCCCCO[C@@H]1O[C@H](CO)[C@@H](O[C@@H]2O[C@H](CO)[C@@H](O)[C@H](O)[C@H]2O)[C@H](O)[C@H]1O. The van der Waals surface area contributed by atoms with E-state index >= 15 is 0 Å². The van der Waals surface area contributed by atoms with Crippen LogP contribution in [0, 0.1) is 0 Å². The Morgan fingerprint density at radius 3 is 1.49 bits per heavy atom. The molecule has 0 aliphatic carbocycles. The third-order valence-electron chi connectivity index (χ3n) is 7.74. The zero-order valence-corrected chi connectivity index (χ0v) is 23.6. The summed E-state index contributed by atoms with van der Waals surface area (Å²) in [5, 5.41) is 70.4. The van der Waals surface area contributed by atoms with Gasteiger partial charge in [-0.05, 0) is 6.42 Å². The Labute approximate surface area is 233 Å². The van der Waals surface area contributed by atoms with E-state index in [9.17, 15) is 35.7 Å². The average Bonchev–Trinajstić information content (AvgIpc) is 2.94. The molecule has 39 heavy (non-hydrogen) atoms. The molecular formula is C28H54O11. The number of unbranched alkanes of at least 4 members (excludes halogenated alkanes) is 13. The van der Waals surface area contributed by atoms with E-state index in [0.717, 1.165) is 19.3 Å². The predicted octanol–water partition coefficient (Wildman–Crippen LogP) is 1.11.